The first-order valence-electron chi connectivity index (χ1n) is 11.4. The van der Waals surface area contributed by atoms with Gasteiger partial charge in [-0.3, -0.25) is 4.79 Å². The number of anilines is 2. The Balaban J connectivity index is 1.48. The number of primary amides is 1. The van der Waals surface area contributed by atoms with Crippen LogP contribution in [-0.4, -0.2) is 72.1 Å². The van der Waals surface area contributed by atoms with Crippen LogP contribution in [-0.2, 0) is 9.53 Å². The molecule has 2 atom stereocenters. The van der Waals surface area contributed by atoms with Crippen molar-refractivity contribution in [1.82, 2.24) is 19.8 Å². The van der Waals surface area contributed by atoms with Crippen LogP contribution in [0.4, 0.5) is 16.2 Å². The summed E-state index contributed by atoms with van der Waals surface area (Å²) >= 11 is 0. The highest BCUT2D eigenvalue weighted by Gasteiger charge is 2.32. The van der Waals surface area contributed by atoms with Crippen LogP contribution in [0.2, 0.25) is 0 Å². The van der Waals surface area contributed by atoms with Gasteiger partial charge in [0.25, 0.3) is 0 Å². The lowest BCUT2D eigenvalue weighted by atomic mass is 10.0. The minimum atomic E-state index is -0.564. The standard InChI is InChI=1S/C23H32FN7O2/c1-30-8-10-31(11-9-30)20-7-6-16(12-15(20)14-33-2)27-23-26-13-18(24)22(29-23)28-19-5-3-4-17(19)21(25)32/h6-7,13-14,17,19H,3-5,8-12H2,1-2H3,(H2,25,32)(H2,26,27,28,29)/t17-,19+/m0/s1. The maximum absolute atomic E-state index is 14.4. The van der Waals surface area contributed by atoms with Gasteiger partial charge in [0.15, 0.2) is 11.6 Å². The third kappa shape index (κ3) is 5.44. The Kier molecular flexibility index (Phi) is 7.12. The van der Waals surface area contributed by atoms with E-state index >= 15 is 0 Å². The number of hydrogen-bond donors (Lipinski definition) is 3. The second kappa shape index (κ2) is 10.2. The van der Waals surface area contributed by atoms with Gasteiger partial charge in [0.2, 0.25) is 11.9 Å². The molecule has 2 aliphatic carbocycles. The predicted octanol–water partition coefficient (Wildman–Crippen LogP) is 2.04. The molecule has 2 fully saturated rings. The summed E-state index contributed by atoms with van der Waals surface area (Å²) in [5, 5.41) is 6.26. The second-order valence-electron chi connectivity index (χ2n) is 8.80. The first kappa shape index (κ1) is 23.0. The van der Waals surface area contributed by atoms with Crippen molar-refractivity contribution in [2.24, 2.45) is 11.7 Å². The molecule has 178 valence electrons. The Morgan fingerprint density at radius 1 is 1.27 bits per heavy atom. The van der Waals surface area contributed by atoms with Crippen molar-refractivity contribution in [2.75, 3.05) is 51.0 Å². The second-order valence-corrected chi connectivity index (χ2v) is 8.80. The first-order chi connectivity index (χ1) is 15.9. The van der Waals surface area contributed by atoms with Gasteiger partial charge < -0.3 is 30.9 Å². The van der Waals surface area contributed by atoms with Gasteiger partial charge in [0, 0.05) is 55.6 Å². The average Bonchev–Trinajstić information content (AvgIpc) is 3.26. The van der Waals surface area contributed by atoms with E-state index in [1.807, 2.05) is 6.08 Å². The summed E-state index contributed by atoms with van der Waals surface area (Å²) in [4.78, 5) is 24.8. The summed E-state index contributed by atoms with van der Waals surface area (Å²) in [5.74, 6) is -0.900. The maximum Gasteiger partial charge on any atom is 0.229 e. The Hall–Kier alpha value is -3.14. The van der Waals surface area contributed by atoms with Gasteiger partial charge in [-0.05, 0) is 32.0 Å². The lowest BCUT2D eigenvalue weighted by molar-refractivity contribution is -0.121. The average molecular weight is 458 g/mol. The molecule has 1 saturated heterocycles. The van der Waals surface area contributed by atoms with Crippen molar-refractivity contribution >= 4 is 17.7 Å². The number of nitrogens with one attached hydrogen (secondary N) is 2. The Bertz CT molecular complexity index is 970. The van der Waals surface area contributed by atoms with E-state index in [2.05, 4.69) is 43.5 Å². The summed E-state index contributed by atoms with van der Waals surface area (Å²) in [6.07, 6.45) is 9.90. The Labute approximate surface area is 193 Å². The van der Waals surface area contributed by atoms with Crippen molar-refractivity contribution in [2.45, 2.75) is 31.7 Å². The summed E-state index contributed by atoms with van der Waals surface area (Å²) in [6, 6.07) is -0.223. The number of likely N-dealkylation sites (N-methyl/N-ethyl adjacent to an activating group) is 1. The normalized spacial score (nSPS) is 24.9. The molecule has 1 aliphatic heterocycles. The topological polar surface area (TPSA) is 109 Å². The van der Waals surface area contributed by atoms with Gasteiger partial charge in [-0.15, -0.1) is 0 Å². The zero-order valence-corrected chi connectivity index (χ0v) is 19.2. The highest BCUT2D eigenvalue weighted by molar-refractivity contribution is 5.78. The quantitative estimate of drug-likeness (QED) is 0.534. The molecule has 0 unspecified atom stereocenters. The predicted molar refractivity (Wildman–Crippen MR) is 125 cm³/mol. The molecular formula is C23H32FN7O2. The van der Waals surface area contributed by atoms with Crippen molar-refractivity contribution in [3.05, 3.63) is 47.4 Å². The van der Waals surface area contributed by atoms with Crippen molar-refractivity contribution in [3.8, 4) is 0 Å². The van der Waals surface area contributed by atoms with Crippen LogP contribution in [0, 0.1) is 11.7 Å². The van der Waals surface area contributed by atoms with Crippen LogP contribution in [0.5, 0.6) is 0 Å². The molecule has 1 amide bonds. The van der Waals surface area contributed by atoms with Gasteiger partial charge in [-0.25, -0.2) is 9.37 Å². The highest BCUT2D eigenvalue weighted by atomic mass is 19.1. The third-order valence-electron chi connectivity index (χ3n) is 6.48. The number of methoxy groups -OCH3 is 1. The number of carbonyl (C=O) groups excluding carboxylic acids is 1. The lowest BCUT2D eigenvalue weighted by Gasteiger charge is -2.37. The van der Waals surface area contributed by atoms with Crippen LogP contribution in [0.25, 0.3) is 0 Å². The lowest BCUT2D eigenvalue weighted by Crippen LogP contribution is -2.44. The third-order valence-corrected chi connectivity index (χ3v) is 6.48. The Morgan fingerprint density at radius 2 is 2.06 bits per heavy atom. The number of amides is 1. The van der Waals surface area contributed by atoms with E-state index in [-0.39, 0.29) is 29.6 Å². The number of aromatic nitrogens is 2. The number of carbonyl (C=O) groups is 1. The molecule has 1 aromatic heterocycles. The molecule has 33 heavy (non-hydrogen) atoms. The van der Waals surface area contributed by atoms with Crippen molar-refractivity contribution in [1.29, 1.82) is 0 Å². The summed E-state index contributed by atoms with van der Waals surface area (Å²) < 4.78 is 19.7. The SMILES string of the molecule is COC=C1CC(Nc2ncc(F)c(N[C@@H]3CCC[C@@H]3C(N)=O)n2)=CC=C1N1CCN(C)CC1. The minimum Gasteiger partial charge on any atom is -0.504 e. The van der Waals surface area contributed by atoms with Crippen molar-refractivity contribution < 1.29 is 13.9 Å². The number of halogens is 1. The molecule has 4 N–H and O–H groups in total. The van der Waals surface area contributed by atoms with Crippen LogP contribution < -0.4 is 16.4 Å². The van der Waals surface area contributed by atoms with Gasteiger partial charge in [0.05, 0.1) is 25.5 Å². The zero-order valence-electron chi connectivity index (χ0n) is 19.2. The smallest absolute Gasteiger partial charge is 0.229 e. The number of rotatable bonds is 7. The fourth-order valence-electron chi connectivity index (χ4n) is 4.65. The van der Waals surface area contributed by atoms with E-state index in [1.54, 1.807) is 13.4 Å². The molecule has 1 saturated carbocycles. The molecule has 3 aliphatic rings. The number of nitrogens with zero attached hydrogens (tertiary/aromatic N) is 4. The van der Waals surface area contributed by atoms with Crippen LogP contribution in [0.1, 0.15) is 25.7 Å². The highest BCUT2D eigenvalue weighted by Crippen LogP contribution is 2.30. The fourth-order valence-corrected chi connectivity index (χ4v) is 4.65. The molecule has 0 spiro atoms. The van der Waals surface area contributed by atoms with Crippen LogP contribution in [0.15, 0.2) is 41.6 Å². The molecule has 0 aromatic carbocycles. The zero-order chi connectivity index (χ0) is 23.4. The molecule has 9 nitrogen and oxygen atoms in total. The number of nitrogens with two attached hydrogens (primary N) is 1. The monoisotopic (exact) mass is 457 g/mol. The number of piperazine rings is 1. The molecule has 10 heteroatoms. The molecule has 4 rings (SSSR count). The summed E-state index contributed by atoms with van der Waals surface area (Å²) in [5.41, 5.74) is 8.58. The van der Waals surface area contributed by atoms with Gasteiger partial charge in [-0.2, -0.15) is 4.98 Å². The largest absolute Gasteiger partial charge is 0.504 e. The van der Waals surface area contributed by atoms with Gasteiger partial charge in [-0.1, -0.05) is 6.42 Å². The maximum atomic E-state index is 14.4. The van der Waals surface area contributed by atoms with E-state index in [1.165, 1.54) is 0 Å². The van der Waals surface area contributed by atoms with E-state index in [4.69, 9.17) is 10.5 Å². The van der Waals surface area contributed by atoms with Crippen molar-refractivity contribution in [3.63, 3.8) is 0 Å². The van der Waals surface area contributed by atoms with Crippen LogP contribution in [0.3, 0.4) is 0 Å². The van der Waals surface area contributed by atoms with Gasteiger partial charge in [0.1, 0.15) is 0 Å². The Morgan fingerprint density at radius 3 is 2.79 bits per heavy atom. The number of allylic oxidation sites excluding steroid dienone is 4. The number of hydrogen-bond acceptors (Lipinski definition) is 8. The summed E-state index contributed by atoms with van der Waals surface area (Å²) in [6.45, 7) is 3.96. The molecule has 1 aromatic rings. The first-order valence-corrected chi connectivity index (χ1v) is 11.4. The molecule has 2 heterocycles. The molecule has 0 radical (unpaired) electrons. The molecular weight excluding hydrogens is 425 g/mol. The van der Waals surface area contributed by atoms with E-state index < -0.39 is 5.82 Å². The van der Waals surface area contributed by atoms with Crippen LogP contribution >= 0.6 is 0 Å². The molecule has 0 bridgehead atoms. The van der Waals surface area contributed by atoms with Gasteiger partial charge >= 0.3 is 0 Å². The number of ether oxygens (including phenoxy) is 1. The minimum absolute atomic E-state index is 0.0726. The van der Waals surface area contributed by atoms with E-state index in [9.17, 15) is 9.18 Å². The fraction of sp³-hybridized carbons (Fsp3) is 0.522. The summed E-state index contributed by atoms with van der Waals surface area (Å²) in [7, 11) is 3.77. The van der Waals surface area contributed by atoms with E-state index in [0.29, 0.717) is 12.8 Å². The van der Waals surface area contributed by atoms with E-state index in [0.717, 1.165) is 62.2 Å².